The highest BCUT2D eigenvalue weighted by atomic mass is 19.1. The Kier molecular flexibility index (Phi) is 3.61. The molecule has 2 rings (SSSR count). The Labute approximate surface area is 116 Å². The van der Waals surface area contributed by atoms with Crippen LogP contribution in [0.4, 0.5) is 21.6 Å². The number of pyridine rings is 1. The highest BCUT2D eigenvalue weighted by Gasteiger charge is 2.23. The first-order chi connectivity index (χ1) is 9.88. The van der Waals surface area contributed by atoms with Gasteiger partial charge in [0.25, 0.3) is 0 Å². The van der Waals surface area contributed by atoms with Gasteiger partial charge in [0.05, 0.1) is 15.9 Å². The number of anilines is 1. The largest absolute Gasteiger partial charge is 0.426 e. The molecule has 0 aliphatic heterocycles. The molecule has 2 N–H and O–H groups in total. The predicted molar refractivity (Wildman–Crippen MR) is 68.4 cm³/mol. The van der Waals surface area contributed by atoms with Crippen molar-refractivity contribution in [2.45, 2.75) is 0 Å². The van der Waals surface area contributed by atoms with E-state index in [1.807, 2.05) is 0 Å². The molecule has 108 valence electrons. The lowest BCUT2D eigenvalue weighted by Gasteiger charge is -2.06. The first-order valence-electron chi connectivity index (χ1n) is 5.41. The Morgan fingerprint density at radius 3 is 2.38 bits per heavy atom. The smallest absolute Gasteiger partial charge is 0.331 e. The van der Waals surface area contributed by atoms with Crippen molar-refractivity contribution in [2.75, 3.05) is 5.73 Å². The van der Waals surface area contributed by atoms with Gasteiger partial charge in [0, 0.05) is 6.07 Å². The van der Waals surface area contributed by atoms with E-state index in [1.54, 1.807) is 0 Å². The Bertz CT molecular complexity index is 737. The van der Waals surface area contributed by atoms with Crippen LogP contribution >= 0.6 is 0 Å². The Balaban J connectivity index is 2.50. The number of hydrogen-bond acceptors (Lipinski definition) is 7. The number of ether oxygens (including phenoxy) is 1. The molecular formula is C11H7FN4O5. The summed E-state index contributed by atoms with van der Waals surface area (Å²) in [6.07, 6.45) is 0. The van der Waals surface area contributed by atoms with Gasteiger partial charge in [-0.1, -0.05) is 0 Å². The Hall–Kier alpha value is -3.30. The first kappa shape index (κ1) is 14.1. The maximum atomic E-state index is 13.0. The molecule has 0 aliphatic rings. The summed E-state index contributed by atoms with van der Waals surface area (Å²) in [7, 11) is 0. The van der Waals surface area contributed by atoms with Crippen molar-refractivity contribution in [1.82, 2.24) is 4.98 Å². The van der Waals surface area contributed by atoms with E-state index in [4.69, 9.17) is 10.5 Å². The maximum absolute atomic E-state index is 13.0. The fraction of sp³-hybridized carbons (Fsp3) is 0. The van der Waals surface area contributed by atoms with E-state index >= 15 is 0 Å². The summed E-state index contributed by atoms with van der Waals surface area (Å²) < 4.78 is 18.1. The zero-order chi connectivity index (χ0) is 15.6. The zero-order valence-electron chi connectivity index (χ0n) is 10.2. The minimum atomic E-state index is -0.878. The number of nitrogens with two attached hydrogens (primary N) is 1. The quantitative estimate of drug-likeness (QED) is 0.675. The molecule has 0 saturated carbocycles. The van der Waals surface area contributed by atoms with Crippen molar-refractivity contribution in [3.8, 4) is 11.6 Å². The molecule has 2 aromatic rings. The van der Waals surface area contributed by atoms with Gasteiger partial charge in [-0.15, -0.1) is 0 Å². The average Bonchev–Trinajstić information content (AvgIpc) is 2.40. The molecule has 1 aromatic heterocycles. The van der Waals surface area contributed by atoms with Crippen molar-refractivity contribution >= 4 is 17.2 Å². The summed E-state index contributed by atoms with van der Waals surface area (Å²) in [6.45, 7) is 0. The molecule has 10 heteroatoms. The van der Waals surface area contributed by atoms with Crippen LogP contribution in [0.1, 0.15) is 0 Å². The third kappa shape index (κ3) is 3.00. The summed E-state index contributed by atoms with van der Waals surface area (Å²) in [5.74, 6) is -1.82. The van der Waals surface area contributed by atoms with E-state index in [0.29, 0.717) is 6.07 Å². The van der Waals surface area contributed by atoms with Crippen molar-refractivity contribution in [2.24, 2.45) is 0 Å². The summed E-state index contributed by atoms with van der Waals surface area (Å²) in [4.78, 5) is 23.6. The molecule has 9 nitrogen and oxygen atoms in total. The number of benzene rings is 1. The molecule has 0 amide bonds. The molecule has 0 spiro atoms. The molecule has 0 bridgehead atoms. The van der Waals surface area contributed by atoms with E-state index in [9.17, 15) is 24.6 Å². The predicted octanol–water partition coefficient (Wildman–Crippen LogP) is 2.41. The first-order valence-corrected chi connectivity index (χ1v) is 5.41. The van der Waals surface area contributed by atoms with E-state index < -0.39 is 32.9 Å². The van der Waals surface area contributed by atoms with Gasteiger partial charge in [-0.05, 0) is 18.2 Å². The highest BCUT2D eigenvalue weighted by Crippen LogP contribution is 2.35. The van der Waals surface area contributed by atoms with Crippen molar-refractivity contribution in [3.05, 3.63) is 56.4 Å². The van der Waals surface area contributed by atoms with Gasteiger partial charge in [-0.3, -0.25) is 20.2 Å². The topological polar surface area (TPSA) is 134 Å². The maximum Gasteiger partial charge on any atom is 0.331 e. The fourth-order valence-electron chi connectivity index (χ4n) is 1.49. The van der Waals surface area contributed by atoms with E-state index in [1.165, 1.54) is 6.07 Å². The van der Waals surface area contributed by atoms with Gasteiger partial charge >= 0.3 is 17.3 Å². The lowest BCUT2D eigenvalue weighted by molar-refractivity contribution is -0.387. The number of nitro benzene ring substituents is 1. The zero-order valence-corrected chi connectivity index (χ0v) is 10.2. The second-order valence-corrected chi connectivity index (χ2v) is 3.79. The molecule has 0 fully saturated rings. The van der Waals surface area contributed by atoms with Crippen LogP contribution in [0, 0.1) is 26.0 Å². The number of nitrogen functional groups attached to an aromatic ring is 1. The van der Waals surface area contributed by atoms with Crippen LogP contribution in [0.25, 0.3) is 0 Å². The van der Waals surface area contributed by atoms with Gasteiger partial charge < -0.3 is 10.5 Å². The summed E-state index contributed by atoms with van der Waals surface area (Å²) in [5, 5.41) is 21.7. The Morgan fingerprint density at radius 2 is 1.76 bits per heavy atom. The Morgan fingerprint density at radius 1 is 1.10 bits per heavy atom. The molecule has 0 saturated heterocycles. The van der Waals surface area contributed by atoms with Gasteiger partial charge in [-0.2, -0.15) is 4.98 Å². The molecule has 1 heterocycles. The molecule has 0 radical (unpaired) electrons. The number of nitro groups is 2. The number of nitrogens with zero attached hydrogens (tertiary/aromatic N) is 3. The molecular weight excluding hydrogens is 287 g/mol. The van der Waals surface area contributed by atoms with Gasteiger partial charge in [-0.25, -0.2) is 4.39 Å². The van der Waals surface area contributed by atoms with Crippen LogP contribution in [-0.4, -0.2) is 14.8 Å². The summed E-state index contributed by atoms with van der Waals surface area (Å²) in [6, 6.07) is 4.76. The van der Waals surface area contributed by atoms with Crippen LogP contribution < -0.4 is 10.5 Å². The average molecular weight is 294 g/mol. The normalized spacial score (nSPS) is 10.1. The monoisotopic (exact) mass is 294 g/mol. The number of hydrogen-bond donors (Lipinski definition) is 1. The van der Waals surface area contributed by atoms with Crippen LogP contribution in [0.3, 0.4) is 0 Å². The SMILES string of the molecule is Nc1ccc([N+](=O)[O-])c(Oc2ccc(F)cc2[N+](=O)[O-])n1. The lowest BCUT2D eigenvalue weighted by atomic mass is 10.3. The van der Waals surface area contributed by atoms with Crippen LogP contribution in [0.15, 0.2) is 30.3 Å². The molecule has 1 aromatic carbocycles. The lowest BCUT2D eigenvalue weighted by Crippen LogP contribution is -2.00. The highest BCUT2D eigenvalue weighted by molar-refractivity contribution is 5.53. The third-order valence-corrected chi connectivity index (χ3v) is 2.38. The van der Waals surface area contributed by atoms with Crippen LogP contribution in [0.2, 0.25) is 0 Å². The number of halogens is 1. The van der Waals surface area contributed by atoms with Crippen molar-refractivity contribution in [3.63, 3.8) is 0 Å². The van der Waals surface area contributed by atoms with E-state index in [-0.39, 0.29) is 11.6 Å². The van der Waals surface area contributed by atoms with Gasteiger partial charge in [0.1, 0.15) is 11.6 Å². The van der Waals surface area contributed by atoms with Crippen LogP contribution in [-0.2, 0) is 0 Å². The van der Waals surface area contributed by atoms with Gasteiger partial charge in [0.15, 0.2) is 0 Å². The third-order valence-electron chi connectivity index (χ3n) is 2.38. The molecule has 0 unspecified atom stereocenters. The van der Waals surface area contributed by atoms with Gasteiger partial charge in [0.2, 0.25) is 5.75 Å². The second-order valence-electron chi connectivity index (χ2n) is 3.79. The van der Waals surface area contributed by atoms with Crippen molar-refractivity contribution in [1.29, 1.82) is 0 Å². The minimum Gasteiger partial charge on any atom is -0.426 e. The van der Waals surface area contributed by atoms with E-state index in [2.05, 4.69) is 4.98 Å². The number of rotatable bonds is 4. The number of aromatic nitrogens is 1. The molecule has 21 heavy (non-hydrogen) atoms. The van der Waals surface area contributed by atoms with Crippen LogP contribution in [0.5, 0.6) is 11.6 Å². The fourth-order valence-corrected chi connectivity index (χ4v) is 1.49. The molecule has 0 atom stereocenters. The molecule has 0 aliphatic carbocycles. The van der Waals surface area contributed by atoms with E-state index in [0.717, 1.165) is 18.2 Å². The minimum absolute atomic E-state index is 0.0691. The summed E-state index contributed by atoms with van der Waals surface area (Å²) in [5.41, 5.74) is 4.18. The second kappa shape index (κ2) is 5.36. The standard InChI is InChI=1S/C11H7FN4O5/c12-6-1-3-9(8(5-6)16(19)20)21-11-7(15(17)18)2-4-10(13)14-11/h1-5H,(H2,13,14). The van der Waals surface area contributed by atoms with Crippen molar-refractivity contribution < 1.29 is 19.0 Å². The summed E-state index contributed by atoms with van der Waals surface area (Å²) >= 11 is 0.